The normalized spacial score (nSPS) is 11.6. The van der Waals surface area contributed by atoms with Gasteiger partial charge in [0.2, 0.25) is 0 Å². The van der Waals surface area contributed by atoms with Crippen LogP contribution < -0.4 is 5.43 Å². The Morgan fingerprint density at radius 1 is 1.12 bits per heavy atom. The van der Waals surface area contributed by atoms with E-state index in [4.69, 9.17) is 5.11 Å². The fraction of sp³-hybridized carbons (Fsp3) is 0.350. The predicted molar refractivity (Wildman–Crippen MR) is 101 cm³/mol. The minimum atomic E-state index is -0.764. The first-order chi connectivity index (χ1) is 12.1. The SMILES string of the molecule is CC(C)c1ccc(N/N=C(/CCCCC(=O)O)c2ccccn2)cc1. The number of carboxylic acid groups (broad SMARTS) is 1. The predicted octanol–water partition coefficient (Wildman–Crippen LogP) is 4.67. The zero-order valence-electron chi connectivity index (χ0n) is 14.8. The summed E-state index contributed by atoms with van der Waals surface area (Å²) in [4.78, 5) is 15.0. The van der Waals surface area contributed by atoms with Crippen molar-refractivity contribution in [1.82, 2.24) is 4.98 Å². The van der Waals surface area contributed by atoms with Crippen LogP contribution in [0.1, 0.15) is 56.7 Å². The molecule has 0 aliphatic heterocycles. The summed E-state index contributed by atoms with van der Waals surface area (Å²) in [6.45, 7) is 4.33. The standard InChI is InChI=1S/C20H25N3O2/c1-15(2)16-10-12-17(13-11-16)22-23-19(8-3-4-9-20(24)25)18-7-5-6-14-21-18/h5-7,10-15,22H,3-4,8-9H2,1-2H3,(H,24,25)/b23-19-. The summed E-state index contributed by atoms with van der Waals surface area (Å²) in [6, 6.07) is 13.9. The number of aliphatic carboxylic acids is 1. The number of nitrogens with one attached hydrogen (secondary N) is 1. The van der Waals surface area contributed by atoms with Crippen LogP contribution in [0.5, 0.6) is 0 Å². The van der Waals surface area contributed by atoms with Gasteiger partial charge in [-0.3, -0.25) is 15.2 Å². The monoisotopic (exact) mass is 339 g/mol. The van der Waals surface area contributed by atoms with E-state index in [1.54, 1.807) is 6.20 Å². The Hall–Kier alpha value is -2.69. The first kappa shape index (κ1) is 18.6. The Morgan fingerprint density at radius 2 is 1.84 bits per heavy atom. The maximum atomic E-state index is 10.6. The molecule has 2 N–H and O–H groups in total. The quantitative estimate of drug-likeness (QED) is 0.396. The zero-order chi connectivity index (χ0) is 18.1. The van der Waals surface area contributed by atoms with Gasteiger partial charge in [-0.25, -0.2) is 0 Å². The van der Waals surface area contributed by atoms with E-state index in [1.807, 2.05) is 30.3 Å². The number of pyridine rings is 1. The van der Waals surface area contributed by atoms with Gasteiger partial charge in [-0.1, -0.05) is 32.0 Å². The smallest absolute Gasteiger partial charge is 0.303 e. The number of hydrogen-bond acceptors (Lipinski definition) is 4. The Balaban J connectivity index is 2.05. The molecule has 2 aromatic rings. The maximum Gasteiger partial charge on any atom is 0.303 e. The summed E-state index contributed by atoms with van der Waals surface area (Å²) in [6.07, 6.45) is 3.99. The van der Waals surface area contributed by atoms with E-state index in [2.05, 4.69) is 41.5 Å². The van der Waals surface area contributed by atoms with Crippen LogP contribution in [0, 0.1) is 0 Å². The molecule has 0 fully saturated rings. The number of nitrogens with zero attached hydrogens (tertiary/aromatic N) is 2. The van der Waals surface area contributed by atoms with Gasteiger partial charge < -0.3 is 5.11 Å². The van der Waals surface area contributed by atoms with Gasteiger partial charge in [-0.2, -0.15) is 5.10 Å². The van der Waals surface area contributed by atoms with Crippen LogP contribution in [0.15, 0.2) is 53.8 Å². The molecule has 0 unspecified atom stereocenters. The lowest BCUT2D eigenvalue weighted by atomic mass is 10.0. The van der Waals surface area contributed by atoms with Crippen molar-refractivity contribution < 1.29 is 9.90 Å². The fourth-order valence-corrected chi connectivity index (χ4v) is 2.42. The summed E-state index contributed by atoms with van der Waals surface area (Å²) >= 11 is 0. The van der Waals surface area contributed by atoms with Crippen molar-refractivity contribution in [3.63, 3.8) is 0 Å². The van der Waals surface area contributed by atoms with Crippen molar-refractivity contribution in [2.24, 2.45) is 5.10 Å². The highest BCUT2D eigenvalue weighted by atomic mass is 16.4. The molecule has 0 bridgehead atoms. The molecule has 0 amide bonds. The molecule has 0 atom stereocenters. The molecule has 132 valence electrons. The van der Waals surface area contributed by atoms with Crippen LogP contribution in [0.25, 0.3) is 0 Å². The molecule has 5 nitrogen and oxygen atoms in total. The largest absolute Gasteiger partial charge is 0.481 e. The second-order valence-electron chi connectivity index (χ2n) is 6.26. The first-order valence-corrected chi connectivity index (χ1v) is 8.62. The summed E-state index contributed by atoms with van der Waals surface area (Å²) in [5.41, 5.74) is 6.94. The molecule has 0 spiro atoms. The zero-order valence-corrected chi connectivity index (χ0v) is 14.8. The molecule has 0 saturated heterocycles. The third-order valence-electron chi connectivity index (χ3n) is 3.91. The Kier molecular flexibility index (Phi) is 7.14. The van der Waals surface area contributed by atoms with E-state index in [-0.39, 0.29) is 6.42 Å². The third kappa shape index (κ3) is 6.37. The van der Waals surface area contributed by atoms with Crippen LogP contribution in [0.3, 0.4) is 0 Å². The van der Waals surface area contributed by atoms with Crippen molar-refractivity contribution in [1.29, 1.82) is 0 Å². The molecule has 1 heterocycles. The average Bonchev–Trinajstić information content (AvgIpc) is 2.62. The third-order valence-corrected chi connectivity index (χ3v) is 3.91. The van der Waals surface area contributed by atoms with Crippen LogP contribution in [-0.4, -0.2) is 21.8 Å². The van der Waals surface area contributed by atoms with Gasteiger partial charge in [0.15, 0.2) is 0 Å². The van der Waals surface area contributed by atoms with Gasteiger partial charge in [-0.15, -0.1) is 0 Å². The number of anilines is 1. The summed E-state index contributed by atoms with van der Waals surface area (Å²) < 4.78 is 0. The lowest BCUT2D eigenvalue weighted by molar-refractivity contribution is -0.137. The first-order valence-electron chi connectivity index (χ1n) is 8.62. The molecule has 0 aliphatic carbocycles. The lowest BCUT2D eigenvalue weighted by Crippen LogP contribution is -2.07. The lowest BCUT2D eigenvalue weighted by Gasteiger charge is -2.09. The fourth-order valence-electron chi connectivity index (χ4n) is 2.42. The highest BCUT2D eigenvalue weighted by Gasteiger charge is 2.06. The number of aromatic nitrogens is 1. The van der Waals surface area contributed by atoms with Gasteiger partial charge in [0.1, 0.15) is 0 Å². The molecule has 0 radical (unpaired) electrons. The molecular formula is C20H25N3O2. The minimum Gasteiger partial charge on any atom is -0.481 e. The number of unbranched alkanes of at least 4 members (excludes halogenated alkanes) is 1. The van der Waals surface area contributed by atoms with Crippen LogP contribution in [0.2, 0.25) is 0 Å². The molecule has 2 rings (SSSR count). The highest BCUT2D eigenvalue weighted by molar-refractivity contribution is 5.99. The molecule has 25 heavy (non-hydrogen) atoms. The Morgan fingerprint density at radius 3 is 2.44 bits per heavy atom. The topological polar surface area (TPSA) is 74.6 Å². The minimum absolute atomic E-state index is 0.180. The van der Waals surface area contributed by atoms with E-state index >= 15 is 0 Å². The van der Waals surface area contributed by atoms with Crippen LogP contribution in [-0.2, 0) is 4.79 Å². The van der Waals surface area contributed by atoms with E-state index in [1.165, 1.54) is 5.56 Å². The molecule has 1 aromatic carbocycles. The molecule has 5 heteroatoms. The number of hydrogen-bond donors (Lipinski definition) is 2. The molecule has 1 aromatic heterocycles. The Bertz CT molecular complexity index is 695. The number of benzene rings is 1. The molecule has 0 saturated carbocycles. The number of hydrazone groups is 1. The van der Waals surface area contributed by atoms with Gasteiger partial charge >= 0.3 is 5.97 Å². The van der Waals surface area contributed by atoms with Crippen LogP contribution >= 0.6 is 0 Å². The van der Waals surface area contributed by atoms with E-state index in [9.17, 15) is 4.79 Å². The van der Waals surface area contributed by atoms with Crippen molar-refractivity contribution >= 4 is 17.4 Å². The van der Waals surface area contributed by atoms with Crippen LogP contribution in [0.4, 0.5) is 5.69 Å². The van der Waals surface area contributed by atoms with Crippen molar-refractivity contribution in [3.8, 4) is 0 Å². The molecule has 0 aliphatic rings. The second-order valence-corrected chi connectivity index (χ2v) is 6.26. The van der Waals surface area contributed by atoms with E-state index < -0.39 is 5.97 Å². The van der Waals surface area contributed by atoms with Gasteiger partial charge in [0, 0.05) is 12.6 Å². The second kappa shape index (κ2) is 9.57. The summed E-state index contributed by atoms with van der Waals surface area (Å²) in [7, 11) is 0. The number of carboxylic acids is 1. The maximum absolute atomic E-state index is 10.6. The van der Waals surface area contributed by atoms with E-state index in [0.717, 1.165) is 23.5 Å². The van der Waals surface area contributed by atoms with Crippen molar-refractivity contribution in [2.45, 2.75) is 45.4 Å². The summed E-state index contributed by atoms with van der Waals surface area (Å²) in [5, 5.41) is 13.3. The van der Waals surface area contributed by atoms with Crippen molar-refractivity contribution in [3.05, 3.63) is 59.9 Å². The van der Waals surface area contributed by atoms with Gasteiger partial charge in [0.05, 0.1) is 17.1 Å². The summed E-state index contributed by atoms with van der Waals surface area (Å²) in [5.74, 6) is -0.268. The average molecular weight is 339 g/mol. The van der Waals surface area contributed by atoms with Gasteiger partial charge in [0.25, 0.3) is 0 Å². The van der Waals surface area contributed by atoms with E-state index in [0.29, 0.717) is 18.8 Å². The number of rotatable bonds is 9. The van der Waals surface area contributed by atoms with Crippen molar-refractivity contribution in [2.75, 3.05) is 5.43 Å². The van der Waals surface area contributed by atoms with Gasteiger partial charge in [-0.05, 0) is 55.0 Å². The Labute approximate surface area is 148 Å². The molecular weight excluding hydrogens is 314 g/mol. The number of carbonyl (C=O) groups is 1. The highest BCUT2D eigenvalue weighted by Crippen LogP contribution is 2.17.